The third kappa shape index (κ3) is 2.74. The summed E-state index contributed by atoms with van der Waals surface area (Å²) in [4.78, 5) is 11.3. The lowest BCUT2D eigenvalue weighted by Gasteiger charge is -2.09. The van der Waals surface area contributed by atoms with E-state index >= 15 is 0 Å². The van der Waals surface area contributed by atoms with Crippen LogP contribution < -0.4 is 4.74 Å². The topological polar surface area (TPSA) is 26.3 Å². The van der Waals surface area contributed by atoms with Crippen LogP contribution in [0.4, 0.5) is 4.39 Å². The van der Waals surface area contributed by atoms with E-state index in [9.17, 15) is 9.18 Å². The van der Waals surface area contributed by atoms with Gasteiger partial charge in [0, 0.05) is 5.56 Å². The lowest BCUT2D eigenvalue weighted by atomic mass is 10.1. The largest absolute Gasteiger partial charge is 0.457 e. The zero-order valence-electron chi connectivity index (χ0n) is 10.2. The molecule has 2 nitrogen and oxygen atoms in total. The molecule has 0 aliphatic rings. The molecule has 18 heavy (non-hydrogen) atoms. The summed E-state index contributed by atoms with van der Waals surface area (Å²) >= 11 is 0. The summed E-state index contributed by atoms with van der Waals surface area (Å²) in [5.41, 5.74) is 1.30. The molecule has 0 heterocycles. The minimum absolute atomic E-state index is 0.0173. The Labute approximate surface area is 105 Å². The fraction of sp³-hybridized carbons (Fsp3) is 0.133. The van der Waals surface area contributed by atoms with E-state index in [1.54, 1.807) is 37.3 Å². The highest BCUT2D eigenvalue weighted by atomic mass is 19.1. The van der Waals surface area contributed by atoms with Crippen LogP contribution in [0.3, 0.4) is 0 Å². The molecule has 0 aromatic heterocycles. The lowest BCUT2D eigenvalue weighted by Crippen LogP contribution is -1.93. The van der Waals surface area contributed by atoms with E-state index in [2.05, 4.69) is 0 Å². The molecule has 0 radical (unpaired) electrons. The summed E-state index contributed by atoms with van der Waals surface area (Å²) in [6, 6.07) is 11.2. The molecule has 0 unspecified atom stereocenters. The second-order valence-corrected chi connectivity index (χ2v) is 4.10. The monoisotopic (exact) mass is 244 g/mol. The molecule has 2 aromatic carbocycles. The van der Waals surface area contributed by atoms with Crippen LogP contribution in [0.1, 0.15) is 22.8 Å². The first kappa shape index (κ1) is 12.3. The van der Waals surface area contributed by atoms with E-state index in [1.807, 2.05) is 0 Å². The number of halogens is 1. The molecule has 0 saturated carbocycles. The van der Waals surface area contributed by atoms with Crippen molar-refractivity contribution in [1.82, 2.24) is 0 Å². The van der Waals surface area contributed by atoms with Crippen LogP contribution in [-0.2, 0) is 0 Å². The van der Waals surface area contributed by atoms with Crippen molar-refractivity contribution in [2.24, 2.45) is 0 Å². The molecule has 0 aliphatic carbocycles. The predicted molar refractivity (Wildman–Crippen MR) is 67.7 cm³/mol. The van der Waals surface area contributed by atoms with Gasteiger partial charge in [0.1, 0.15) is 17.3 Å². The van der Waals surface area contributed by atoms with Gasteiger partial charge in [0.15, 0.2) is 5.78 Å². The molecule has 2 rings (SSSR count). The van der Waals surface area contributed by atoms with Crippen molar-refractivity contribution in [3.05, 3.63) is 59.4 Å². The van der Waals surface area contributed by atoms with E-state index in [1.165, 1.54) is 19.1 Å². The van der Waals surface area contributed by atoms with Crippen LogP contribution in [0.2, 0.25) is 0 Å². The van der Waals surface area contributed by atoms with Crippen LogP contribution in [0, 0.1) is 12.7 Å². The Balaban J connectivity index is 2.28. The molecular formula is C15H13FO2. The van der Waals surface area contributed by atoms with Crippen LogP contribution in [0.5, 0.6) is 11.5 Å². The highest BCUT2D eigenvalue weighted by Crippen LogP contribution is 2.26. The van der Waals surface area contributed by atoms with E-state index in [0.717, 1.165) is 0 Å². The van der Waals surface area contributed by atoms with E-state index in [-0.39, 0.29) is 11.6 Å². The summed E-state index contributed by atoms with van der Waals surface area (Å²) in [6.07, 6.45) is 0. The number of Topliss-reactive ketones (excluding diaryl/α,β-unsaturated/α-hetero) is 1. The molecule has 2 aromatic rings. The second kappa shape index (κ2) is 5.00. The second-order valence-electron chi connectivity index (χ2n) is 4.10. The summed E-state index contributed by atoms with van der Waals surface area (Å²) in [6.45, 7) is 3.27. The van der Waals surface area contributed by atoms with Crippen molar-refractivity contribution in [3.8, 4) is 11.5 Å². The maximum absolute atomic E-state index is 13.0. The van der Waals surface area contributed by atoms with Crippen LogP contribution in [-0.4, -0.2) is 5.78 Å². The highest BCUT2D eigenvalue weighted by Gasteiger charge is 2.05. The van der Waals surface area contributed by atoms with Gasteiger partial charge in [-0.05, 0) is 49.7 Å². The van der Waals surface area contributed by atoms with Gasteiger partial charge in [-0.25, -0.2) is 4.39 Å². The molecule has 0 atom stereocenters. The van der Waals surface area contributed by atoms with Gasteiger partial charge < -0.3 is 4.74 Å². The molecule has 0 N–H and O–H groups in total. The Bertz CT molecular complexity index is 591. The molecule has 0 spiro atoms. The molecule has 0 amide bonds. The molecule has 0 bridgehead atoms. The Kier molecular flexibility index (Phi) is 3.42. The quantitative estimate of drug-likeness (QED) is 0.759. The minimum atomic E-state index is -0.294. The molecule has 0 saturated heterocycles. The predicted octanol–water partition coefficient (Wildman–Crippen LogP) is 4.13. The van der Waals surface area contributed by atoms with Gasteiger partial charge in [-0.1, -0.05) is 12.1 Å². The van der Waals surface area contributed by atoms with Crippen molar-refractivity contribution in [3.63, 3.8) is 0 Å². The number of carbonyl (C=O) groups excluding carboxylic acids is 1. The maximum Gasteiger partial charge on any atom is 0.159 e. The zero-order chi connectivity index (χ0) is 13.1. The van der Waals surface area contributed by atoms with Gasteiger partial charge in [-0.2, -0.15) is 0 Å². The van der Waals surface area contributed by atoms with E-state index in [0.29, 0.717) is 22.6 Å². The SMILES string of the molecule is CC(=O)c1cccc(Oc2ccc(F)cc2C)c1. The smallest absolute Gasteiger partial charge is 0.159 e. The molecule has 0 fully saturated rings. The summed E-state index contributed by atoms with van der Waals surface area (Å²) < 4.78 is 18.6. The summed E-state index contributed by atoms with van der Waals surface area (Å²) in [5, 5.41) is 0. The third-order valence-corrected chi connectivity index (χ3v) is 2.61. The van der Waals surface area contributed by atoms with E-state index < -0.39 is 0 Å². The van der Waals surface area contributed by atoms with Gasteiger partial charge in [0.2, 0.25) is 0 Å². The van der Waals surface area contributed by atoms with Crippen molar-refractivity contribution in [1.29, 1.82) is 0 Å². The van der Waals surface area contributed by atoms with Crippen molar-refractivity contribution in [2.45, 2.75) is 13.8 Å². The van der Waals surface area contributed by atoms with Crippen molar-refractivity contribution >= 4 is 5.78 Å². The number of ketones is 1. The van der Waals surface area contributed by atoms with Gasteiger partial charge >= 0.3 is 0 Å². The van der Waals surface area contributed by atoms with E-state index in [4.69, 9.17) is 4.74 Å². The van der Waals surface area contributed by atoms with Crippen LogP contribution >= 0.6 is 0 Å². The Morgan fingerprint density at radius 1 is 1.17 bits per heavy atom. The number of hydrogen-bond acceptors (Lipinski definition) is 2. The fourth-order valence-electron chi connectivity index (χ4n) is 1.63. The molecular weight excluding hydrogens is 231 g/mol. The number of rotatable bonds is 3. The Hall–Kier alpha value is -2.16. The van der Waals surface area contributed by atoms with Gasteiger partial charge in [0.05, 0.1) is 0 Å². The number of ether oxygens (including phenoxy) is 1. The number of carbonyl (C=O) groups is 1. The first-order valence-electron chi connectivity index (χ1n) is 5.61. The van der Waals surface area contributed by atoms with Crippen LogP contribution in [0.25, 0.3) is 0 Å². The average molecular weight is 244 g/mol. The van der Waals surface area contributed by atoms with Gasteiger partial charge in [0.25, 0.3) is 0 Å². The minimum Gasteiger partial charge on any atom is -0.457 e. The molecule has 3 heteroatoms. The standard InChI is InChI=1S/C15H13FO2/c1-10-8-13(16)6-7-15(10)18-14-5-3-4-12(9-14)11(2)17/h3-9H,1-2H3. The first-order valence-corrected chi connectivity index (χ1v) is 5.61. The van der Waals surface area contributed by atoms with Crippen molar-refractivity contribution < 1.29 is 13.9 Å². The highest BCUT2D eigenvalue weighted by molar-refractivity contribution is 5.94. The first-order chi connectivity index (χ1) is 8.56. The number of hydrogen-bond donors (Lipinski definition) is 0. The van der Waals surface area contributed by atoms with Gasteiger partial charge in [-0.3, -0.25) is 4.79 Å². The molecule has 0 aliphatic heterocycles. The Morgan fingerprint density at radius 2 is 1.94 bits per heavy atom. The summed E-state index contributed by atoms with van der Waals surface area (Å²) in [7, 11) is 0. The Morgan fingerprint density at radius 3 is 2.61 bits per heavy atom. The third-order valence-electron chi connectivity index (χ3n) is 2.61. The zero-order valence-corrected chi connectivity index (χ0v) is 10.2. The number of aryl methyl sites for hydroxylation is 1. The fourth-order valence-corrected chi connectivity index (χ4v) is 1.63. The average Bonchev–Trinajstić information content (AvgIpc) is 2.33. The number of benzene rings is 2. The lowest BCUT2D eigenvalue weighted by molar-refractivity contribution is 0.101. The maximum atomic E-state index is 13.0. The van der Waals surface area contributed by atoms with Crippen LogP contribution in [0.15, 0.2) is 42.5 Å². The normalized spacial score (nSPS) is 10.2. The molecule has 92 valence electrons. The van der Waals surface area contributed by atoms with Gasteiger partial charge in [-0.15, -0.1) is 0 Å². The summed E-state index contributed by atoms with van der Waals surface area (Å²) in [5.74, 6) is 0.836. The van der Waals surface area contributed by atoms with Crippen molar-refractivity contribution in [2.75, 3.05) is 0 Å².